The molecule has 17 heavy (non-hydrogen) atoms. The predicted molar refractivity (Wildman–Crippen MR) is 75.2 cm³/mol. The lowest BCUT2D eigenvalue weighted by atomic mass is 10.0. The lowest BCUT2D eigenvalue weighted by molar-refractivity contribution is -0.116. The fraction of sp³-hybridized carbons (Fsp3) is 0.500. The number of rotatable bonds is 6. The molecule has 3 heteroatoms. The normalized spacial score (nSPS) is 11.3. The van der Waals surface area contributed by atoms with Crippen molar-refractivity contribution in [1.82, 2.24) is 5.32 Å². The van der Waals surface area contributed by atoms with E-state index in [-0.39, 0.29) is 5.91 Å². The zero-order valence-electron chi connectivity index (χ0n) is 10.8. The lowest BCUT2D eigenvalue weighted by Crippen LogP contribution is -2.27. The summed E-state index contributed by atoms with van der Waals surface area (Å²) in [6, 6.07) is 4.09. The number of hydrogen-bond donors (Lipinski definition) is 1. The fourth-order valence-corrected chi connectivity index (χ4v) is 2.36. The summed E-state index contributed by atoms with van der Waals surface area (Å²) < 4.78 is 0. The van der Waals surface area contributed by atoms with E-state index in [0.717, 1.165) is 24.3 Å². The van der Waals surface area contributed by atoms with Crippen molar-refractivity contribution in [2.75, 3.05) is 6.54 Å². The summed E-state index contributed by atoms with van der Waals surface area (Å²) in [7, 11) is 0. The van der Waals surface area contributed by atoms with Gasteiger partial charge in [0.25, 0.3) is 0 Å². The first kappa shape index (κ1) is 14.0. The topological polar surface area (TPSA) is 29.1 Å². The van der Waals surface area contributed by atoms with Crippen molar-refractivity contribution in [3.05, 3.63) is 28.0 Å². The van der Waals surface area contributed by atoms with E-state index in [1.165, 1.54) is 4.88 Å². The number of carbonyl (C=O) groups excluding carboxylic acids is 1. The molecule has 0 aliphatic carbocycles. The average Bonchev–Trinajstić information content (AvgIpc) is 2.74. The molecule has 0 saturated heterocycles. The zero-order valence-corrected chi connectivity index (χ0v) is 11.6. The van der Waals surface area contributed by atoms with Crippen LogP contribution in [0, 0.1) is 12.8 Å². The Hall–Kier alpha value is -1.09. The van der Waals surface area contributed by atoms with Crippen molar-refractivity contribution in [3.8, 4) is 0 Å². The van der Waals surface area contributed by atoms with Gasteiger partial charge in [-0.2, -0.15) is 0 Å². The van der Waals surface area contributed by atoms with Gasteiger partial charge in [-0.15, -0.1) is 11.3 Å². The Labute approximate surface area is 108 Å². The van der Waals surface area contributed by atoms with Crippen molar-refractivity contribution in [2.45, 2.75) is 33.6 Å². The first-order chi connectivity index (χ1) is 8.15. The van der Waals surface area contributed by atoms with Gasteiger partial charge in [0.2, 0.25) is 5.91 Å². The molecule has 1 aromatic rings. The number of carbonyl (C=O) groups is 1. The molecule has 0 spiro atoms. The second kappa shape index (κ2) is 7.28. The lowest BCUT2D eigenvalue weighted by Gasteiger charge is -2.11. The number of nitrogens with one attached hydrogen (secondary N) is 1. The Balaban J connectivity index is 2.36. The van der Waals surface area contributed by atoms with E-state index in [9.17, 15) is 4.79 Å². The van der Waals surface area contributed by atoms with Gasteiger partial charge in [0, 0.05) is 22.4 Å². The maximum atomic E-state index is 11.6. The molecular weight excluding hydrogens is 230 g/mol. The van der Waals surface area contributed by atoms with Crippen LogP contribution in [0.15, 0.2) is 18.2 Å². The van der Waals surface area contributed by atoms with Gasteiger partial charge in [-0.25, -0.2) is 0 Å². The van der Waals surface area contributed by atoms with Crippen LogP contribution in [0.4, 0.5) is 0 Å². The van der Waals surface area contributed by atoms with Gasteiger partial charge in [0.05, 0.1) is 0 Å². The van der Waals surface area contributed by atoms with Gasteiger partial charge in [0.1, 0.15) is 0 Å². The summed E-state index contributed by atoms with van der Waals surface area (Å²) >= 11 is 1.70. The highest BCUT2D eigenvalue weighted by Crippen LogP contribution is 2.16. The fourth-order valence-electron chi connectivity index (χ4n) is 1.58. The summed E-state index contributed by atoms with van der Waals surface area (Å²) in [5.74, 6) is 0.597. The highest BCUT2D eigenvalue weighted by Gasteiger charge is 2.04. The van der Waals surface area contributed by atoms with Crippen LogP contribution < -0.4 is 5.32 Å². The molecule has 0 saturated carbocycles. The molecule has 0 aliphatic heterocycles. The third kappa shape index (κ3) is 5.18. The minimum atomic E-state index is 0.00273. The predicted octanol–water partition coefficient (Wildman–Crippen LogP) is 3.62. The van der Waals surface area contributed by atoms with Crippen molar-refractivity contribution in [3.63, 3.8) is 0 Å². The minimum Gasteiger partial charge on any atom is -0.352 e. The van der Waals surface area contributed by atoms with E-state index in [4.69, 9.17) is 0 Å². The van der Waals surface area contributed by atoms with Crippen LogP contribution in [0.5, 0.6) is 0 Å². The minimum absolute atomic E-state index is 0.00273. The molecule has 1 rings (SSSR count). The third-order valence-electron chi connectivity index (χ3n) is 2.88. The van der Waals surface area contributed by atoms with Crippen LogP contribution in [-0.4, -0.2) is 12.5 Å². The molecule has 0 atom stereocenters. The summed E-state index contributed by atoms with van der Waals surface area (Å²) in [5.41, 5.74) is 0. The van der Waals surface area contributed by atoms with Crippen molar-refractivity contribution in [1.29, 1.82) is 0 Å². The van der Waals surface area contributed by atoms with Gasteiger partial charge < -0.3 is 5.32 Å². The van der Waals surface area contributed by atoms with Crippen LogP contribution in [0.2, 0.25) is 0 Å². The molecule has 0 fully saturated rings. The van der Waals surface area contributed by atoms with E-state index in [1.54, 1.807) is 17.4 Å². The van der Waals surface area contributed by atoms with Gasteiger partial charge in [0.15, 0.2) is 0 Å². The SMILES string of the molecule is CCC(CC)CNC(=O)/C=C/c1ccc(C)s1. The van der Waals surface area contributed by atoms with E-state index in [1.807, 2.05) is 12.1 Å². The van der Waals surface area contributed by atoms with Crippen LogP contribution in [-0.2, 0) is 4.79 Å². The Morgan fingerprint density at radius 2 is 2.12 bits per heavy atom. The first-order valence-corrected chi connectivity index (χ1v) is 6.99. The van der Waals surface area contributed by atoms with Crippen LogP contribution >= 0.6 is 11.3 Å². The molecule has 94 valence electrons. The number of thiophene rings is 1. The van der Waals surface area contributed by atoms with Gasteiger partial charge >= 0.3 is 0 Å². The summed E-state index contributed by atoms with van der Waals surface area (Å²) in [5, 5.41) is 2.94. The van der Waals surface area contributed by atoms with E-state index in [0.29, 0.717) is 5.92 Å². The van der Waals surface area contributed by atoms with Crippen molar-refractivity contribution >= 4 is 23.3 Å². The second-order valence-electron chi connectivity index (χ2n) is 4.21. The van der Waals surface area contributed by atoms with E-state index in [2.05, 4.69) is 32.2 Å². The van der Waals surface area contributed by atoms with Gasteiger partial charge in [-0.05, 0) is 31.1 Å². The first-order valence-electron chi connectivity index (χ1n) is 6.18. The molecule has 1 aromatic heterocycles. The van der Waals surface area contributed by atoms with Crippen molar-refractivity contribution < 1.29 is 4.79 Å². The Morgan fingerprint density at radius 3 is 2.65 bits per heavy atom. The largest absolute Gasteiger partial charge is 0.352 e. The highest BCUT2D eigenvalue weighted by atomic mass is 32.1. The second-order valence-corrected chi connectivity index (χ2v) is 5.53. The number of aryl methyl sites for hydroxylation is 1. The molecular formula is C14H21NOS. The smallest absolute Gasteiger partial charge is 0.244 e. The Morgan fingerprint density at radius 1 is 1.41 bits per heavy atom. The molecule has 0 radical (unpaired) electrons. The Kier molecular flexibility index (Phi) is 5.98. The zero-order chi connectivity index (χ0) is 12.7. The summed E-state index contributed by atoms with van der Waals surface area (Å²) in [6.45, 7) is 7.16. The maximum absolute atomic E-state index is 11.6. The van der Waals surface area contributed by atoms with E-state index >= 15 is 0 Å². The van der Waals surface area contributed by atoms with Gasteiger partial charge in [-0.1, -0.05) is 26.7 Å². The summed E-state index contributed by atoms with van der Waals surface area (Å²) in [4.78, 5) is 14.0. The van der Waals surface area contributed by atoms with Gasteiger partial charge in [-0.3, -0.25) is 4.79 Å². The average molecular weight is 251 g/mol. The molecule has 1 heterocycles. The standard InChI is InChI=1S/C14H21NOS/c1-4-12(5-2)10-15-14(16)9-8-13-7-6-11(3)17-13/h6-9,12H,4-5,10H2,1-3H3,(H,15,16)/b9-8+. The van der Waals surface area contributed by atoms with Crippen LogP contribution in [0.3, 0.4) is 0 Å². The molecule has 0 aromatic carbocycles. The number of hydrogen-bond acceptors (Lipinski definition) is 2. The quantitative estimate of drug-likeness (QED) is 0.769. The monoisotopic (exact) mass is 251 g/mol. The van der Waals surface area contributed by atoms with Crippen LogP contribution in [0.1, 0.15) is 36.4 Å². The number of amides is 1. The van der Waals surface area contributed by atoms with E-state index < -0.39 is 0 Å². The molecule has 0 bridgehead atoms. The Bertz CT molecular complexity index is 377. The molecule has 0 unspecified atom stereocenters. The van der Waals surface area contributed by atoms with Crippen molar-refractivity contribution in [2.24, 2.45) is 5.92 Å². The third-order valence-corrected chi connectivity index (χ3v) is 3.85. The molecule has 0 aliphatic rings. The molecule has 1 amide bonds. The highest BCUT2D eigenvalue weighted by molar-refractivity contribution is 7.12. The van der Waals surface area contributed by atoms with Crippen LogP contribution in [0.25, 0.3) is 6.08 Å². The molecule has 2 nitrogen and oxygen atoms in total. The molecule has 1 N–H and O–H groups in total. The summed E-state index contributed by atoms with van der Waals surface area (Å²) in [6.07, 6.45) is 5.72. The maximum Gasteiger partial charge on any atom is 0.244 e.